The van der Waals surface area contributed by atoms with Gasteiger partial charge in [0.15, 0.2) is 0 Å². The standard InChI is InChI=1S/C24H23Br2N5O/c1-15(2)21-9-10-27-22(23(21)32-14-17-11-19(25)13-20(26)12-17)8-5-16-3-6-18(7-4-16)24-28-30-31-29-24/h3-4,6-7,9-13,15H,5,8,14H2,1-2H3,(H,28,29,30,31). The van der Waals surface area contributed by atoms with Crippen LogP contribution in [0, 0.1) is 0 Å². The van der Waals surface area contributed by atoms with Gasteiger partial charge in [-0.15, -0.1) is 10.2 Å². The Morgan fingerprint density at radius 2 is 1.69 bits per heavy atom. The molecule has 1 N–H and O–H groups in total. The summed E-state index contributed by atoms with van der Waals surface area (Å²) >= 11 is 7.10. The van der Waals surface area contributed by atoms with Gasteiger partial charge in [-0.3, -0.25) is 4.98 Å². The third-order valence-electron chi connectivity index (χ3n) is 5.14. The van der Waals surface area contributed by atoms with Crippen LogP contribution in [0.4, 0.5) is 0 Å². The topological polar surface area (TPSA) is 76.6 Å². The minimum Gasteiger partial charge on any atom is -0.487 e. The molecule has 4 rings (SSSR count). The molecule has 2 aromatic carbocycles. The smallest absolute Gasteiger partial charge is 0.204 e. The maximum absolute atomic E-state index is 6.35. The van der Waals surface area contributed by atoms with Crippen LogP contribution in [0.2, 0.25) is 0 Å². The van der Waals surface area contributed by atoms with Crippen LogP contribution in [0.3, 0.4) is 0 Å². The Morgan fingerprint density at radius 1 is 0.938 bits per heavy atom. The number of benzene rings is 2. The minimum atomic E-state index is 0.343. The van der Waals surface area contributed by atoms with Crippen molar-refractivity contribution in [1.29, 1.82) is 0 Å². The van der Waals surface area contributed by atoms with Crippen molar-refractivity contribution in [2.45, 2.75) is 39.2 Å². The first-order chi connectivity index (χ1) is 15.5. The first-order valence-electron chi connectivity index (χ1n) is 10.4. The molecule has 6 nitrogen and oxygen atoms in total. The highest BCUT2D eigenvalue weighted by atomic mass is 79.9. The van der Waals surface area contributed by atoms with E-state index in [9.17, 15) is 0 Å². The molecular formula is C24H23Br2N5O. The summed E-state index contributed by atoms with van der Waals surface area (Å²) in [5, 5.41) is 14.1. The molecule has 2 heterocycles. The number of aromatic nitrogens is 5. The van der Waals surface area contributed by atoms with Gasteiger partial charge in [0.05, 0.1) is 5.69 Å². The summed E-state index contributed by atoms with van der Waals surface area (Å²) in [5.41, 5.74) is 5.40. The zero-order valence-electron chi connectivity index (χ0n) is 17.8. The molecule has 0 amide bonds. The van der Waals surface area contributed by atoms with E-state index in [0.29, 0.717) is 18.3 Å². The highest BCUT2D eigenvalue weighted by Crippen LogP contribution is 2.31. The van der Waals surface area contributed by atoms with Crippen molar-refractivity contribution in [3.8, 4) is 17.1 Å². The first kappa shape index (κ1) is 22.6. The van der Waals surface area contributed by atoms with Crippen LogP contribution in [0.15, 0.2) is 63.7 Å². The largest absolute Gasteiger partial charge is 0.487 e. The van der Waals surface area contributed by atoms with Crippen LogP contribution in [-0.4, -0.2) is 25.6 Å². The lowest BCUT2D eigenvalue weighted by atomic mass is 9.99. The average Bonchev–Trinajstić information content (AvgIpc) is 3.31. The summed E-state index contributed by atoms with van der Waals surface area (Å²) in [6.45, 7) is 4.84. The maximum Gasteiger partial charge on any atom is 0.204 e. The Hall–Kier alpha value is -2.58. The van der Waals surface area contributed by atoms with Gasteiger partial charge in [0, 0.05) is 26.3 Å². The fourth-order valence-corrected chi connectivity index (χ4v) is 4.91. The molecule has 2 aromatic heterocycles. The molecule has 4 aromatic rings. The molecule has 164 valence electrons. The summed E-state index contributed by atoms with van der Waals surface area (Å²) in [6, 6.07) is 16.4. The number of aryl methyl sites for hydroxylation is 2. The molecule has 0 spiro atoms. The van der Waals surface area contributed by atoms with Crippen LogP contribution in [0.1, 0.15) is 42.1 Å². The van der Waals surface area contributed by atoms with Crippen molar-refractivity contribution in [3.63, 3.8) is 0 Å². The van der Waals surface area contributed by atoms with Crippen LogP contribution in [-0.2, 0) is 19.4 Å². The fourth-order valence-electron chi connectivity index (χ4n) is 3.52. The summed E-state index contributed by atoms with van der Waals surface area (Å²) < 4.78 is 8.39. The van der Waals surface area contributed by atoms with Crippen LogP contribution in [0.25, 0.3) is 11.4 Å². The second-order valence-corrected chi connectivity index (χ2v) is 9.66. The van der Waals surface area contributed by atoms with E-state index < -0.39 is 0 Å². The quantitative estimate of drug-likeness (QED) is 0.276. The Morgan fingerprint density at radius 3 is 2.34 bits per heavy atom. The molecule has 0 radical (unpaired) electrons. The maximum atomic E-state index is 6.35. The van der Waals surface area contributed by atoms with Gasteiger partial charge in [0.1, 0.15) is 12.4 Å². The van der Waals surface area contributed by atoms with Gasteiger partial charge in [0.25, 0.3) is 0 Å². The highest BCUT2D eigenvalue weighted by molar-refractivity contribution is 9.11. The number of halogens is 2. The Balaban J connectivity index is 1.51. The third kappa shape index (κ3) is 5.61. The molecule has 8 heteroatoms. The van der Waals surface area contributed by atoms with Crippen molar-refractivity contribution in [2.75, 3.05) is 0 Å². The number of hydrogen-bond acceptors (Lipinski definition) is 5. The van der Waals surface area contributed by atoms with E-state index in [0.717, 1.165) is 44.4 Å². The zero-order chi connectivity index (χ0) is 22.5. The number of pyridine rings is 1. The lowest BCUT2D eigenvalue weighted by Crippen LogP contribution is -2.06. The normalized spacial score (nSPS) is 11.2. The summed E-state index contributed by atoms with van der Waals surface area (Å²) in [5.74, 6) is 1.83. The van der Waals surface area contributed by atoms with Gasteiger partial charge in [-0.25, -0.2) is 0 Å². The molecular weight excluding hydrogens is 534 g/mol. The number of tetrazole rings is 1. The van der Waals surface area contributed by atoms with E-state index in [-0.39, 0.29) is 0 Å². The van der Waals surface area contributed by atoms with Gasteiger partial charge in [-0.05, 0) is 59.4 Å². The van der Waals surface area contributed by atoms with Gasteiger partial charge >= 0.3 is 0 Å². The highest BCUT2D eigenvalue weighted by Gasteiger charge is 2.15. The lowest BCUT2D eigenvalue weighted by Gasteiger charge is -2.18. The number of nitrogens with zero attached hydrogens (tertiary/aromatic N) is 4. The van der Waals surface area contributed by atoms with Crippen molar-refractivity contribution in [1.82, 2.24) is 25.6 Å². The number of ether oxygens (including phenoxy) is 1. The van der Waals surface area contributed by atoms with Crippen LogP contribution in [0.5, 0.6) is 5.75 Å². The van der Waals surface area contributed by atoms with Crippen LogP contribution < -0.4 is 4.74 Å². The van der Waals surface area contributed by atoms with Crippen molar-refractivity contribution < 1.29 is 4.74 Å². The van der Waals surface area contributed by atoms with E-state index >= 15 is 0 Å². The summed E-state index contributed by atoms with van der Waals surface area (Å²) in [6.07, 6.45) is 3.53. The van der Waals surface area contributed by atoms with E-state index in [1.165, 1.54) is 11.1 Å². The summed E-state index contributed by atoms with van der Waals surface area (Å²) in [4.78, 5) is 4.67. The molecule has 0 unspecified atom stereocenters. The average molecular weight is 557 g/mol. The number of nitrogens with one attached hydrogen (secondary N) is 1. The second-order valence-electron chi connectivity index (χ2n) is 7.83. The van der Waals surface area contributed by atoms with E-state index in [2.05, 4.69) is 102 Å². The van der Waals surface area contributed by atoms with Crippen molar-refractivity contribution in [2.24, 2.45) is 0 Å². The summed E-state index contributed by atoms with van der Waals surface area (Å²) in [7, 11) is 0. The molecule has 0 aliphatic rings. The molecule has 0 aliphatic carbocycles. The predicted octanol–water partition coefficient (Wildman–Crippen LogP) is 6.27. The molecule has 0 aliphatic heterocycles. The molecule has 0 saturated heterocycles. The molecule has 0 atom stereocenters. The Bertz CT molecular complexity index is 1160. The SMILES string of the molecule is CC(C)c1ccnc(CCc2ccc(-c3nn[nH]n3)cc2)c1OCc1cc(Br)cc(Br)c1. The van der Waals surface area contributed by atoms with Crippen LogP contribution >= 0.6 is 31.9 Å². The monoisotopic (exact) mass is 555 g/mol. The second kappa shape index (κ2) is 10.4. The van der Waals surface area contributed by atoms with Gasteiger partial charge in [-0.1, -0.05) is 70.0 Å². The number of hydrogen-bond donors (Lipinski definition) is 1. The predicted molar refractivity (Wildman–Crippen MR) is 132 cm³/mol. The molecule has 0 fully saturated rings. The lowest BCUT2D eigenvalue weighted by molar-refractivity contribution is 0.296. The number of H-pyrrole nitrogens is 1. The van der Waals surface area contributed by atoms with Crippen molar-refractivity contribution >= 4 is 31.9 Å². The van der Waals surface area contributed by atoms with E-state index in [4.69, 9.17) is 4.74 Å². The van der Waals surface area contributed by atoms with E-state index in [1.807, 2.05) is 24.4 Å². The number of rotatable bonds is 8. The van der Waals surface area contributed by atoms with E-state index in [1.54, 1.807) is 0 Å². The first-order valence-corrected chi connectivity index (χ1v) is 12.0. The molecule has 0 saturated carbocycles. The molecule has 0 bridgehead atoms. The van der Waals surface area contributed by atoms with Gasteiger partial charge in [0.2, 0.25) is 5.82 Å². The zero-order valence-corrected chi connectivity index (χ0v) is 21.0. The Labute approximate surface area is 204 Å². The third-order valence-corrected chi connectivity index (χ3v) is 6.06. The van der Waals surface area contributed by atoms with Gasteiger partial charge in [-0.2, -0.15) is 5.21 Å². The minimum absolute atomic E-state index is 0.343. The van der Waals surface area contributed by atoms with Crippen molar-refractivity contribution in [3.05, 3.63) is 86.1 Å². The Kier molecular flexibility index (Phi) is 7.32. The fraction of sp³-hybridized carbons (Fsp3) is 0.250. The van der Waals surface area contributed by atoms with Gasteiger partial charge < -0.3 is 4.74 Å². The molecule has 32 heavy (non-hydrogen) atoms. The number of aromatic amines is 1.